The average Bonchev–Trinajstić information content (AvgIpc) is 2.80. The Morgan fingerprint density at radius 2 is 2.06 bits per heavy atom. The summed E-state index contributed by atoms with van der Waals surface area (Å²) in [5.41, 5.74) is 1.19. The fourth-order valence-electron chi connectivity index (χ4n) is 2.02. The van der Waals surface area contributed by atoms with Crippen molar-refractivity contribution in [3.63, 3.8) is 0 Å². The molecule has 0 aliphatic carbocycles. The van der Waals surface area contributed by atoms with E-state index in [0.29, 0.717) is 6.54 Å². The van der Waals surface area contributed by atoms with Crippen molar-refractivity contribution < 1.29 is 0 Å². The second-order valence-electron chi connectivity index (χ2n) is 4.30. The summed E-state index contributed by atoms with van der Waals surface area (Å²) >= 11 is 1.76. The zero-order valence-electron chi connectivity index (χ0n) is 10.2. The summed E-state index contributed by atoms with van der Waals surface area (Å²) in [6, 6.07) is 2.21. The lowest BCUT2D eigenvalue weighted by atomic mass is 10.3. The van der Waals surface area contributed by atoms with Gasteiger partial charge < -0.3 is 0 Å². The minimum Gasteiger partial charge on any atom is -0.295 e. The van der Waals surface area contributed by atoms with Crippen LogP contribution in [0.4, 0.5) is 0 Å². The molecule has 0 N–H and O–H groups in total. The molecule has 1 aromatic heterocycles. The molecule has 92 valence electrons. The highest BCUT2D eigenvalue weighted by atomic mass is 32.1. The third kappa shape index (κ3) is 3.50. The first-order chi connectivity index (χ1) is 8.31. The van der Waals surface area contributed by atoms with Crippen LogP contribution in [0.3, 0.4) is 0 Å². The monoisotopic (exact) mass is 250 g/mol. The Kier molecular flexibility index (Phi) is 4.49. The summed E-state index contributed by atoms with van der Waals surface area (Å²) in [7, 11) is 0. The van der Waals surface area contributed by atoms with Gasteiger partial charge in [-0.05, 0) is 6.42 Å². The van der Waals surface area contributed by atoms with Crippen molar-refractivity contribution in [1.29, 1.82) is 5.26 Å². The zero-order valence-corrected chi connectivity index (χ0v) is 11.0. The maximum absolute atomic E-state index is 8.64. The van der Waals surface area contributed by atoms with Crippen molar-refractivity contribution >= 4 is 11.3 Å². The van der Waals surface area contributed by atoms with Crippen LogP contribution >= 0.6 is 11.3 Å². The van der Waals surface area contributed by atoms with Crippen molar-refractivity contribution in [2.24, 2.45) is 0 Å². The molecular weight excluding hydrogens is 232 g/mol. The molecule has 1 aromatic rings. The molecule has 0 amide bonds. The van der Waals surface area contributed by atoms with Gasteiger partial charge >= 0.3 is 0 Å². The largest absolute Gasteiger partial charge is 0.295 e. The molecule has 5 heteroatoms. The Bertz CT molecular complexity index is 387. The molecule has 2 rings (SSSR count). The Labute approximate surface area is 106 Å². The SMILES string of the molecule is CCc1nc(CN2CCN(CC#N)CC2)cs1. The molecule has 1 saturated heterocycles. The molecule has 0 saturated carbocycles. The molecule has 4 nitrogen and oxygen atoms in total. The number of hydrogen-bond donors (Lipinski definition) is 0. The van der Waals surface area contributed by atoms with Crippen molar-refractivity contribution in [1.82, 2.24) is 14.8 Å². The molecule has 1 aliphatic rings. The zero-order chi connectivity index (χ0) is 12.1. The lowest BCUT2D eigenvalue weighted by molar-refractivity contribution is 0.137. The van der Waals surface area contributed by atoms with E-state index in [2.05, 4.69) is 33.2 Å². The highest BCUT2D eigenvalue weighted by molar-refractivity contribution is 7.09. The van der Waals surface area contributed by atoms with E-state index in [0.717, 1.165) is 39.1 Å². The van der Waals surface area contributed by atoms with E-state index in [4.69, 9.17) is 5.26 Å². The maximum Gasteiger partial charge on any atom is 0.0926 e. The molecule has 2 heterocycles. The number of aryl methyl sites for hydroxylation is 1. The number of piperazine rings is 1. The molecule has 1 aliphatic heterocycles. The van der Waals surface area contributed by atoms with Gasteiger partial charge in [-0.25, -0.2) is 4.98 Å². The Hall–Kier alpha value is -0.960. The van der Waals surface area contributed by atoms with E-state index in [1.165, 1.54) is 10.7 Å². The van der Waals surface area contributed by atoms with Gasteiger partial charge in [0.05, 0.1) is 23.3 Å². The molecule has 0 atom stereocenters. The summed E-state index contributed by atoms with van der Waals surface area (Å²) in [6.07, 6.45) is 1.03. The van der Waals surface area contributed by atoms with E-state index in [1.54, 1.807) is 11.3 Å². The second-order valence-corrected chi connectivity index (χ2v) is 5.24. The van der Waals surface area contributed by atoms with Gasteiger partial charge in [-0.2, -0.15) is 5.26 Å². The first-order valence-corrected chi connectivity index (χ1v) is 6.94. The summed E-state index contributed by atoms with van der Waals surface area (Å²) in [5, 5.41) is 12.0. The Morgan fingerprint density at radius 3 is 2.65 bits per heavy atom. The Morgan fingerprint density at radius 1 is 1.35 bits per heavy atom. The van der Waals surface area contributed by atoms with Crippen LogP contribution in [0, 0.1) is 11.3 Å². The quantitative estimate of drug-likeness (QED) is 0.757. The first kappa shape index (κ1) is 12.5. The van der Waals surface area contributed by atoms with Crippen LogP contribution < -0.4 is 0 Å². The smallest absolute Gasteiger partial charge is 0.0926 e. The lowest BCUT2D eigenvalue weighted by Crippen LogP contribution is -2.45. The predicted molar refractivity (Wildman–Crippen MR) is 68.8 cm³/mol. The molecule has 0 unspecified atom stereocenters. The van der Waals surface area contributed by atoms with E-state index < -0.39 is 0 Å². The third-order valence-electron chi connectivity index (χ3n) is 3.05. The lowest BCUT2D eigenvalue weighted by Gasteiger charge is -2.32. The summed E-state index contributed by atoms with van der Waals surface area (Å²) < 4.78 is 0. The number of aromatic nitrogens is 1. The minimum atomic E-state index is 0.560. The topological polar surface area (TPSA) is 43.2 Å². The van der Waals surface area contributed by atoms with Crippen molar-refractivity contribution in [3.8, 4) is 6.07 Å². The van der Waals surface area contributed by atoms with Gasteiger partial charge in [0.15, 0.2) is 0 Å². The van der Waals surface area contributed by atoms with Gasteiger partial charge in [0.2, 0.25) is 0 Å². The third-order valence-corrected chi connectivity index (χ3v) is 4.09. The van der Waals surface area contributed by atoms with Crippen molar-refractivity contribution in [2.45, 2.75) is 19.9 Å². The van der Waals surface area contributed by atoms with Gasteiger partial charge in [-0.15, -0.1) is 11.3 Å². The van der Waals surface area contributed by atoms with Crippen LogP contribution in [-0.2, 0) is 13.0 Å². The van der Waals surface area contributed by atoms with Crippen LogP contribution in [-0.4, -0.2) is 47.5 Å². The van der Waals surface area contributed by atoms with Gasteiger partial charge in [0, 0.05) is 38.1 Å². The van der Waals surface area contributed by atoms with Crippen LogP contribution in [0.5, 0.6) is 0 Å². The Balaban J connectivity index is 1.80. The fourth-order valence-corrected chi connectivity index (χ4v) is 2.75. The van der Waals surface area contributed by atoms with E-state index in [1.807, 2.05) is 0 Å². The van der Waals surface area contributed by atoms with Crippen LogP contribution in [0.2, 0.25) is 0 Å². The van der Waals surface area contributed by atoms with Gasteiger partial charge in [-0.3, -0.25) is 9.80 Å². The normalized spacial score (nSPS) is 18.1. The van der Waals surface area contributed by atoms with Crippen LogP contribution in [0.15, 0.2) is 5.38 Å². The summed E-state index contributed by atoms with van der Waals surface area (Å²) in [5.74, 6) is 0. The molecule has 0 aromatic carbocycles. The molecule has 1 fully saturated rings. The molecular formula is C12H18N4S. The highest BCUT2D eigenvalue weighted by Crippen LogP contribution is 2.13. The molecule has 17 heavy (non-hydrogen) atoms. The fraction of sp³-hybridized carbons (Fsp3) is 0.667. The minimum absolute atomic E-state index is 0.560. The van der Waals surface area contributed by atoms with Crippen LogP contribution in [0.25, 0.3) is 0 Å². The summed E-state index contributed by atoms with van der Waals surface area (Å²) in [6.45, 7) is 7.74. The van der Waals surface area contributed by atoms with Crippen molar-refractivity contribution in [3.05, 3.63) is 16.1 Å². The maximum atomic E-state index is 8.64. The number of thiazole rings is 1. The van der Waals surface area contributed by atoms with Gasteiger partial charge in [0.1, 0.15) is 0 Å². The number of nitriles is 1. The molecule has 0 radical (unpaired) electrons. The van der Waals surface area contributed by atoms with E-state index in [9.17, 15) is 0 Å². The number of rotatable bonds is 4. The first-order valence-electron chi connectivity index (χ1n) is 6.06. The molecule has 0 bridgehead atoms. The summed E-state index contributed by atoms with van der Waals surface area (Å²) in [4.78, 5) is 9.21. The average molecular weight is 250 g/mol. The second kappa shape index (κ2) is 6.10. The van der Waals surface area contributed by atoms with Gasteiger partial charge in [-0.1, -0.05) is 6.92 Å². The standard InChI is InChI=1S/C12H18N4S/c1-2-12-14-11(10-17-12)9-16-7-5-15(4-3-13)6-8-16/h10H,2,4-9H2,1H3. The highest BCUT2D eigenvalue weighted by Gasteiger charge is 2.17. The number of nitrogens with zero attached hydrogens (tertiary/aromatic N) is 4. The van der Waals surface area contributed by atoms with E-state index in [-0.39, 0.29) is 0 Å². The predicted octanol–water partition coefficient (Wildman–Crippen LogP) is 1.35. The number of hydrogen-bond acceptors (Lipinski definition) is 5. The van der Waals surface area contributed by atoms with Gasteiger partial charge in [0.25, 0.3) is 0 Å². The molecule has 0 spiro atoms. The van der Waals surface area contributed by atoms with E-state index >= 15 is 0 Å². The van der Waals surface area contributed by atoms with Crippen molar-refractivity contribution in [2.75, 3.05) is 32.7 Å². The van der Waals surface area contributed by atoms with Crippen LogP contribution in [0.1, 0.15) is 17.6 Å².